The van der Waals surface area contributed by atoms with Gasteiger partial charge in [0.1, 0.15) is 6.04 Å². The molecule has 1 aromatic rings. The number of hydrogen-bond donors (Lipinski definition) is 1. The van der Waals surface area contributed by atoms with Gasteiger partial charge in [-0.25, -0.2) is 8.42 Å². The molecule has 1 fully saturated rings. The summed E-state index contributed by atoms with van der Waals surface area (Å²) in [7, 11) is -3.72. The summed E-state index contributed by atoms with van der Waals surface area (Å²) in [6, 6.07) is 5.03. The van der Waals surface area contributed by atoms with E-state index >= 15 is 0 Å². The summed E-state index contributed by atoms with van der Waals surface area (Å²) in [5.41, 5.74) is 0.162. The predicted molar refractivity (Wildman–Crippen MR) is 129 cm³/mol. The monoisotopic (exact) mass is 495 g/mol. The second-order valence-electron chi connectivity index (χ2n) is 8.69. The molecule has 1 aliphatic heterocycles. The van der Waals surface area contributed by atoms with Gasteiger partial charge in [0.25, 0.3) is 5.91 Å². The van der Waals surface area contributed by atoms with Crippen LogP contribution in [0.4, 0.5) is 0 Å². The van der Waals surface area contributed by atoms with Crippen molar-refractivity contribution in [3.8, 4) is 0 Å². The number of nitrogens with one attached hydrogen (secondary N) is 1. The van der Waals surface area contributed by atoms with Gasteiger partial charge in [0.2, 0.25) is 15.9 Å². The van der Waals surface area contributed by atoms with E-state index in [0.29, 0.717) is 32.5 Å². The number of sulfonamides is 1. The van der Waals surface area contributed by atoms with E-state index in [2.05, 4.69) is 5.32 Å². The number of ether oxygens (including phenoxy) is 1. The lowest BCUT2D eigenvalue weighted by Gasteiger charge is -2.35. The van der Waals surface area contributed by atoms with Crippen molar-refractivity contribution in [3.05, 3.63) is 29.8 Å². The van der Waals surface area contributed by atoms with Crippen molar-refractivity contribution in [2.75, 3.05) is 32.8 Å². The number of nitrogens with zero attached hydrogens (tertiary/aromatic N) is 2. The van der Waals surface area contributed by atoms with Crippen LogP contribution in [0.1, 0.15) is 57.8 Å². The van der Waals surface area contributed by atoms with Crippen molar-refractivity contribution in [2.45, 2.75) is 58.4 Å². The maximum absolute atomic E-state index is 13.3. The van der Waals surface area contributed by atoms with E-state index in [1.807, 2.05) is 13.8 Å². The van der Waals surface area contributed by atoms with Crippen molar-refractivity contribution in [3.63, 3.8) is 0 Å². The van der Waals surface area contributed by atoms with Crippen molar-refractivity contribution in [2.24, 2.45) is 11.8 Å². The van der Waals surface area contributed by atoms with Crippen molar-refractivity contribution in [1.82, 2.24) is 14.5 Å². The van der Waals surface area contributed by atoms with Gasteiger partial charge in [0.05, 0.1) is 17.4 Å². The first kappa shape index (κ1) is 27.8. The fourth-order valence-electron chi connectivity index (χ4n) is 4.08. The second-order valence-corrected chi connectivity index (χ2v) is 10.6. The van der Waals surface area contributed by atoms with Gasteiger partial charge in [-0.1, -0.05) is 33.8 Å². The minimum Gasteiger partial charge on any atom is -0.466 e. The number of piperidine rings is 1. The van der Waals surface area contributed by atoms with Crippen LogP contribution in [0.15, 0.2) is 29.2 Å². The molecule has 1 unspecified atom stereocenters. The summed E-state index contributed by atoms with van der Waals surface area (Å²) >= 11 is 0. The molecule has 2 atom stereocenters. The molecule has 0 spiro atoms. The Morgan fingerprint density at radius 1 is 1.18 bits per heavy atom. The van der Waals surface area contributed by atoms with Gasteiger partial charge in [-0.15, -0.1) is 0 Å². The van der Waals surface area contributed by atoms with Gasteiger partial charge in [-0.3, -0.25) is 14.4 Å². The van der Waals surface area contributed by atoms with Crippen LogP contribution in [-0.2, 0) is 24.3 Å². The van der Waals surface area contributed by atoms with E-state index in [0.717, 1.165) is 0 Å². The number of esters is 1. The van der Waals surface area contributed by atoms with E-state index in [1.165, 1.54) is 28.6 Å². The quantitative estimate of drug-likeness (QED) is 0.498. The van der Waals surface area contributed by atoms with Crippen molar-refractivity contribution in [1.29, 1.82) is 0 Å². The molecule has 0 aliphatic carbocycles. The van der Waals surface area contributed by atoms with E-state index in [4.69, 9.17) is 4.74 Å². The van der Waals surface area contributed by atoms with E-state index < -0.39 is 22.0 Å². The van der Waals surface area contributed by atoms with E-state index in [1.54, 1.807) is 25.7 Å². The zero-order chi connectivity index (χ0) is 25.5. The Morgan fingerprint density at radius 2 is 1.85 bits per heavy atom. The summed E-state index contributed by atoms with van der Waals surface area (Å²) in [4.78, 5) is 40.1. The minimum absolute atomic E-state index is 0.0320. The first-order valence-corrected chi connectivity index (χ1v) is 13.4. The standard InChI is InChI=1S/C24H37N3O6S/c1-6-27(7-2)34(31,32)20-13-9-11-18(15-20)22(28)25-21(17(4)5)23(29)26-14-10-12-19(16-26)24(30)33-8-3/h9,11,13,15,17,19,21H,6-8,10,12,14,16H2,1-5H3,(H,25,28)/t19?,21-/m0/s1. The largest absolute Gasteiger partial charge is 0.466 e. The molecule has 34 heavy (non-hydrogen) atoms. The second kappa shape index (κ2) is 12.3. The topological polar surface area (TPSA) is 113 Å². The first-order chi connectivity index (χ1) is 16.1. The van der Waals surface area contributed by atoms with E-state index in [9.17, 15) is 22.8 Å². The molecular formula is C24H37N3O6S. The molecule has 1 aliphatic rings. The number of amides is 2. The smallest absolute Gasteiger partial charge is 0.310 e. The van der Waals surface area contributed by atoms with Gasteiger partial charge < -0.3 is 15.0 Å². The van der Waals surface area contributed by atoms with Crippen LogP contribution < -0.4 is 5.32 Å². The average Bonchev–Trinajstić information content (AvgIpc) is 2.82. The van der Waals surface area contributed by atoms with Crippen LogP contribution in [0.5, 0.6) is 0 Å². The third-order valence-electron chi connectivity index (χ3n) is 6.01. The molecule has 9 nitrogen and oxygen atoms in total. The maximum Gasteiger partial charge on any atom is 0.310 e. The van der Waals surface area contributed by atoms with Gasteiger partial charge in [0, 0.05) is 31.7 Å². The molecule has 0 saturated carbocycles. The maximum atomic E-state index is 13.3. The highest BCUT2D eigenvalue weighted by Crippen LogP contribution is 2.21. The number of benzene rings is 1. The first-order valence-electron chi connectivity index (χ1n) is 11.9. The average molecular weight is 496 g/mol. The molecular weight excluding hydrogens is 458 g/mol. The van der Waals surface area contributed by atoms with Gasteiger partial charge in [-0.2, -0.15) is 4.31 Å². The van der Waals surface area contributed by atoms with Gasteiger partial charge in [-0.05, 0) is 43.9 Å². The molecule has 10 heteroatoms. The molecule has 0 radical (unpaired) electrons. The van der Waals surface area contributed by atoms with E-state index in [-0.39, 0.29) is 47.3 Å². The zero-order valence-corrected chi connectivity index (χ0v) is 21.6. The summed E-state index contributed by atoms with van der Waals surface area (Å²) in [6.07, 6.45) is 1.34. The molecule has 1 heterocycles. The minimum atomic E-state index is -3.72. The molecule has 190 valence electrons. The van der Waals surface area contributed by atoms with Crippen molar-refractivity contribution < 1.29 is 27.5 Å². The van der Waals surface area contributed by atoms with Crippen molar-refractivity contribution >= 4 is 27.8 Å². The fraction of sp³-hybridized carbons (Fsp3) is 0.625. The lowest BCUT2D eigenvalue weighted by Crippen LogP contribution is -2.54. The lowest BCUT2D eigenvalue weighted by molar-refractivity contribution is -0.151. The molecule has 1 saturated heterocycles. The Hall–Kier alpha value is -2.46. The normalized spacial score (nSPS) is 17.5. The third-order valence-corrected chi connectivity index (χ3v) is 8.06. The summed E-state index contributed by atoms with van der Waals surface area (Å²) in [5, 5.41) is 2.78. The fourth-order valence-corrected chi connectivity index (χ4v) is 5.58. The van der Waals surface area contributed by atoms with Crippen LogP contribution in [0.3, 0.4) is 0 Å². The predicted octanol–water partition coefficient (Wildman–Crippen LogP) is 2.27. The summed E-state index contributed by atoms with van der Waals surface area (Å²) < 4.78 is 32.1. The molecule has 2 rings (SSSR count). The number of hydrogen-bond acceptors (Lipinski definition) is 6. The highest BCUT2D eigenvalue weighted by atomic mass is 32.2. The Labute approximate surface area is 202 Å². The Kier molecular flexibility index (Phi) is 10.1. The lowest BCUT2D eigenvalue weighted by atomic mass is 9.95. The Morgan fingerprint density at radius 3 is 2.44 bits per heavy atom. The molecule has 1 N–H and O–H groups in total. The SMILES string of the molecule is CCOC(=O)C1CCCN(C(=O)[C@@H](NC(=O)c2cccc(S(=O)(=O)N(CC)CC)c2)C(C)C)C1. The number of carbonyl (C=O) groups is 3. The van der Waals surface area contributed by atoms with Crippen LogP contribution in [-0.4, -0.2) is 74.2 Å². The highest BCUT2D eigenvalue weighted by Gasteiger charge is 2.34. The van der Waals surface area contributed by atoms with Crippen LogP contribution in [0, 0.1) is 11.8 Å². The van der Waals surface area contributed by atoms with Crippen LogP contribution in [0.2, 0.25) is 0 Å². The molecule has 0 bridgehead atoms. The summed E-state index contributed by atoms with van der Waals surface area (Å²) in [6.45, 7) is 10.6. The summed E-state index contributed by atoms with van der Waals surface area (Å²) in [5.74, 6) is -1.67. The number of rotatable bonds is 10. The number of carbonyl (C=O) groups excluding carboxylic acids is 3. The highest BCUT2D eigenvalue weighted by molar-refractivity contribution is 7.89. The molecule has 1 aromatic carbocycles. The molecule has 2 amide bonds. The van der Waals surface area contributed by atoms with Crippen LogP contribution in [0.25, 0.3) is 0 Å². The molecule has 0 aromatic heterocycles. The Balaban J connectivity index is 2.19. The zero-order valence-electron chi connectivity index (χ0n) is 20.7. The Bertz CT molecular complexity index is 975. The van der Waals surface area contributed by atoms with Gasteiger partial charge >= 0.3 is 5.97 Å². The third kappa shape index (κ3) is 6.56. The van der Waals surface area contributed by atoms with Crippen LogP contribution >= 0.6 is 0 Å². The number of likely N-dealkylation sites (tertiary alicyclic amines) is 1. The van der Waals surface area contributed by atoms with Gasteiger partial charge in [0.15, 0.2) is 0 Å².